The van der Waals surface area contributed by atoms with Gasteiger partial charge in [0.25, 0.3) is 0 Å². The van der Waals surface area contributed by atoms with Crippen molar-refractivity contribution in [2.75, 3.05) is 0 Å². The van der Waals surface area contributed by atoms with Crippen molar-refractivity contribution >= 4 is 0 Å². The molecule has 1 aliphatic heterocycles. The highest BCUT2D eigenvalue weighted by atomic mass is 19.1. The van der Waals surface area contributed by atoms with Crippen LogP contribution < -0.4 is 0 Å². The Hall–Kier alpha value is -2.19. The lowest BCUT2D eigenvalue weighted by atomic mass is 10.2. The first-order chi connectivity index (χ1) is 8.29. The summed E-state index contributed by atoms with van der Waals surface area (Å²) in [6.07, 6.45) is 0. The van der Waals surface area contributed by atoms with E-state index in [4.69, 9.17) is 10.00 Å². The molecule has 1 aliphatic rings. The van der Waals surface area contributed by atoms with Gasteiger partial charge in [0, 0.05) is 5.56 Å². The lowest BCUT2D eigenvalue weighted by Crippen LogP contribution is -2.01. The van der Waals surface area contributed by atoms with E-state index < -0.39 is 0 Å². The predicted molar refractivity (Wildman–Crippen MR) is 56.7 cm³/mol. The van der Waals surface area contributed by atoms with Crippen molar-refractivity contribution in [2.45, 2.75) is 13.2 Å². The van der Waals surface area contributed by atoms with E-state index in [-0.39, 0.29) is 5.82 Å². The second kappa shape index (κ2) is 3.68. The molecule has 0 radical (unpaired) electrons. The quantitative estimate of drug-likeness (QED) is 0.750. The minimum Gasteiger partial charge on any atom is -0.370 e. The smallest absolute Gasteiger partial charge is 0.168 e. The molecule has 84 valence electrons. The zero-order valence-electron chi connectivity index (χ0n) is 8.85. The van der Waals surface area contributed by atoms with Gasteiger partial charge in [-0.15, -0.1) is 0 Å². The number of hydrogen-bond donors (Lipinski definition) is 0. The van der Waals surface area contributed by atoms with E-state index in [0.29, 0.717) is 18.9 Å². The number of rotatable bonds is 1. The number of aromatic nitrogens is 2. The summed E-state index contributed by atoms with van der Waals surface area (Å²) in [7, 11) is 0. The van der Waals surface area contributed by atoms with Crippen molar-refractivity contribution in [1.29, 1.82) is 5.26 Å². The Labute approximate surface area is 96.9 Å². The summed E-state index contributed by atoms with van der Waals surface area (Å²) >= 11 is 0. The van der Waals surface area contributed by atoms with E-state index >= 15 is 0 Å². The Balaban J connectivity index is 2.16. The number of fused-ring (bicyclic) bond motifs is 1. The molecule has 1 aromatic carbocycles. The van der Waals surface area contributed by atoms with Crippen LogP contribution in [0.1, 0.15) is 17.0 Å². The molecule has 0 fully saturated rings. The van der Waals surface area contributed by atoms with E-state index in [1.54, 1.807) is 16.8 Å². The van der Waals surface area contributed by atoms with Crippen LogP contribution >= 0.6 is 0 Å². The standard InChI is InChI=1S/C12H8FN3O/c13-8-1-3-9(4-2-8)16-12-7-17-6-10(12)11(5-14)15-16/h1-4H,6-7H2. The first-order valence-electron chi connectivity index (χ1n) is 5.14. The number of ether oxygens (including phenoxy) is 1. The van der Waals surface area contributed by atoms with Crippen LogP contribution in [-0.4, -0.2) is 9.78 Å². The van der Waals surface area contributed by atoms with Crippen molar-refractivity contribution in [3.05, 3.63) is 47.0 Å². The number of halogens is 1. The van der Waals surface area contributed by atoms with Crippen LogP contribution in [0.5, 0.6) is 0 Å². The summed E-state index contributed by atoms with van der Waals surface area (Å²) in [5, 5.41) is 13.2. The molecule has 0 saturated carbocycles. The highest BCUT2D eigenvalue weighted by molar-refractivity contribution is 5.42. The topological polar surface area (TPSA) is 50.8 Å². The summed E-state index contributed by atoms with van der Waals surface area (Å²) in [5.41, 5.74) is 2.81. The maximum atomic E-state index is 12.8. The predicted octanol–water partition coefficient (Wildman–Crippen LogP) is 1.91. The normalized spacial score (nSPS) is 13.4. The van der Waals surface area contributed by atoms with Crippen molar-refractivity contribution in [3.63, 3.8) is 0 Å². The Kier molecular flexibility index (Phi) is 2.16. The summed E-state index contributed by atoms with van der Waals surface area (Å²) in [6.45, 7) is 0.848. The molecular weight excluding hydrogens is 221 g/mol. The summed E-state index contributed by atoms with van der Waals surface area (Å²) in [5.74, 6) is -0.297. The molecule has 4 nitrogen and oxygen atoms in total. The average Bonchev–Trinajstić information content (AvgIpc) is 2.91. The molecule has 0 spiro atoms. The average molecular weight is 229 g/mol. The molecule has 5 heteroatoms. The van der Waals surface area contributed by atoms with Gasteiger partial charge in [-0.05, 0) is 24.3 Å². The molecule has 0 saturated heterocycles. The van der Waals surface area contributed by atoms with Crippen LogP contribution in [0.3, 0.4) is 0 Å². The zero-order valence-corrected chi connectivity index (χ0v) is 8.85. The van der Waals surface area contributed by atoms with Gasteiger partial charge >= 0.3 is 0 Å². The van der Waals surface area contributed by atoms with Gasteiger partial charge in [-0.25, -0.2) is 9.07 Å². The first kappa shape index (κ1) is 10.00. The highest BCUT2D eigenvalue weighted by Crippen LogP contribution is 2.25. The van der Waals surface area contributed by atoms with Gasteiger partial charge in [0.15, 0.2) is 5.69 Å². The van der Waals surface area contributed by atoms with Gasteiger partial charge in [0.1, 0.15) is 11.9 Å². The molecule has 0 atom stereocenters. The molecule has 3 rings (SSSR count). The van der Waals surface area contributed by atoms with Gasteiger partial charge in [-0.2, -0.15) is 10.4 Å². The van der Waals surface area contributed by atoms with Crippen molar-refractivity contribution in [3.8, 4) is 11.8 Å². The third kappa shape index (κ3) is 1.50. The fourth-order valence-electron chi connectivity index (χ4n) is 1.92. The minimum absolute atomic E-state index is 0.297. The Morgan fingerprint density at radius 3 is 2.76 bits per heavy atom. The third-order valence-corrected chi connectivity index (χ3v) is 2.75. The molecule has 0 unspecified atom stereocenters. The van der Waals surface area contributed by atoms with Crippen LogP contribution in [0.2, 0.25) is 0 Å². The van der Waals surface area contributed by atoms with Crippen LogP contribution in [0.4, 0.5) is 4.39 Å². The van der Waals surface area contributed by atoms with E-state index in [0.717, 1.165) is 16.9 Å². The van der Waals surface area contributed by atoms with Crippen LogP contribution in [0.25, 0.3) is 5.69 Å². The lowest BCUT2D eigenvalue weighted by molar-refractivity contribution is 0.130. The fourth-order valence-corrected chi connectivity index (χ4v) is 1.92. The third-order valence-electron chi connectivity index (χ3n) is 2.75. The minimum atomic E-state index is -0.297. The summed E-state index contributed by atoms with van der Waals surface area (Å²) in [4.78, 5) is 0. The largest absolute Gasteiger partial charge is 0.370 e. The van der Waals surface area contributed by atoms with Crippen LogP contribution in [0, 0.1) is 17.1 Å². The molecule has 0 bridgehead atoms. The lowest BCUT2D eigenvalue weighted by Gasteiger charge is -2.04. The second-order valence-electron chi connectivity index (χ2n) is 3.77. The molecule has 0 amide bonds. The number of hydrogen-bond acceptors (Lipinski definition) is 3. The van der Waals surface area contributed by atoms with E-state index in [1.807, 2.05) is 6.07 Å². The molecule has 1 aromatic heterocycles. The highest BCUT2D eigenvalue weighted by Gasteiger charge is 2.23. The van der Waals surface area contributed by atoms with E-state index in [9.17, 15) is 4.39 Å². The number of nitrogens with zero attached hydrogens (tertiary/aromatic N) is 3. The monoisotopic (exact) mass is 229 g/mol. The van der Waals surface area contributed by atoms with Crippen LogP contribution in [0.15, 0.2) is 24.3 Å². The molecule has 2 aromatic rings. The Morgan fingerprint density at radius 1 is 1.29 bits per heavy atom. The Bertz CT molecular complexity index is 610. The van der Waals surface area contributed by atoms with E-state index in [1.165, 1.54) is 12.1 Å². The van der Waals surface area contributed by atoms with Gasteiger partial charge in [-0.3, -0.25) is 0 Å². The number of benzene rings is 1. The first-order valence-corrected chi connectivity index (χ1v) is 5.14. The van der Waals surface area contributed by atoms with Gasteiger partial charge in [0.2, 0.25) is 0 Å². The fraction of sp³-hybridized carbons (Fsp3) is 0.167. The van der Waals surface area contributed by atoms with E-state index in [2.05, 4.69) is 5.10 Å². The molecule has 17 heavy (non-hydrogen) atoms. The van der Waals surface area contributed by atoms with Crippen molar-refractivity contribution in [2.24, 2.45) is 0 Å². The molecule has 2 heterocycles. The van der Waals surface area contributed by atoms with Crippen LogP contribution in [-0.2, 0) is 18.0 Å². The molecule has 0 aliphatic carbocycles. The Morgan fingerprint density at radius 2 is 2.06 bits per heavy atom. The second-order valence-corrected chi connectivity index (χ2v) is 3.77. The molecular formula is C12H8FN3O. The summed E-state index contributed by atoms with van der Waals surface area (Å²) in [6, 6.07) is 8.03. The van der Waals surface area contributed by atoms with Gasteiger partial charge in [-0.1, -0.05) is 0 Å². The number of nitriles is 1. The van der Waals surface area contributed by atoms with Crippen molar-refractivity contribution in [1.82, 2.24) is 9.78 Å². The van der Waals surface area contributed by atoms with Crippen molar-refractivity contribution < 1.29 is 9.13 Å². The zero-order chi connectivity index (χ0) is 11.8. The molecule has 0 N–H and O–H groups in total. The maximum absolute atomic E-state index is 12.8. The summed E-state index contributed by atoms with van der Waals surface area (Å²) < 4.78 is 19.8. The van der Waals surface area contributed by atoms with Gasteiger partial charge in [0.05, 0.1) is 24.6 Å². The van der Waals surface area contributed by atoms with Gasteiger partial charge < -0.3 is 4.74 Å². The maximum Gasteiger partial charge on any atom is 0.168 e. The SMILES string of the molecule is N#Cc1nn(-c2ccc(F)cc2)c2c1COC2.